The number of halogens is 10. The van der Waals surface area contributed by atoms with Crippen LogP contribution in [-0.4, -0.2) is 243 Å². The first-order valence-corrected chi connectivity index (χ1v) is 42.5. The Morgan fingerprint density at radius 2 is 0.674 bits per heavy atom. The van der Waals surface area contributed by atoms with E-state index in [4.69, 9.17) is 75.1 Å². The molecule has 12 heterocycles. The van der Waals surface area contributed by atoms with Crippen molar-refractivity contribution in [3.05, 3.63) is 234 Å². The number of methoxy groups -OCH3 is 1. The van der Waals surface area contributed by atoms with Crippen LogP contribution in [0.3, 0.4) is 0 Å². The highest BCUT2D eigenvalue weighted by atomic mass is 35.5. The standard InChI is InChI=1S/C23H23ClF2N4O3.C23H25ClN4O3.C22H21ClF2N4O4.C22H21ClF2N4O3/c1-3-20(31)29-6-7-33-15(12-29)11-18-22(28-19-10-14(24)4-5-30(18)19)21-16(25)8-13(9-17(21)26)23(32)27-2;1-14-10-16(23(30)25-3)4-5-19(14)22-20(28-7-6-17(24)11-21(28)26-22)12-18-13-27(15(2)29)8-9-31-18;1-26-21(30)12-7-15(24)19(16(25)8-12)20-17(29-4-3-13(23)9-18(29)27-20)10-14-11-28(5-6-33-14)22(31)32-2;1-12(30)28-5-6-32-15(11-28)10-18-21(27-19-9-14(23)3-4-29(18)19)20-16(24)7-13(8-17(20)25)22(31)26-2/h4-5,8-10,15H,3,6-7,11-12H2,1-2H3,(H,27,32);4-7,10-11,18H,8-9,12-13H2,1-3H3,(H,25,30);3-4,7-9,14H,5-6,10-11H2,1-2H3,(H,26,30);3-4,7-9,15H,5-6,10-11H2,1-2H3,(H,26,31)/t15-;18-;14-;15-/m0100/s1. The van der Waals surface area contributed by atoms with Crippen LogP contribution in [0.4, 0.5) is 31.1 Å². The molecule has 0 saturated carbocycles. The summed E-state index contributed by atoms with van der Waals surface area (Å²) in [6.07, 6.45) is 6.82. The quantitative estimate of drug-likeness (QED) is 0.0616. The van der Waals surface area contributed by atoms with Gasteiger partial charge in [0.05, 0.1) is 127 Å². The molecule has 39 heteroatoms. The summed E-state index contributed by atoms with van der Waals surface area (Å²) in [7, 11) is 7.05. The fourth-order valence-electron chi connectivity index (χ4n) is 15.9. The number of carbonyl (C=O) groups excluding carboxylic acids is 8. The number of carbonyl (C=O) groups is 8. The van der Waals surface area contributed by atoms with E-state index in [0.29, 0.717) is 145 Å². The summed E-state index contributed by atoms with van der Waals surface area (Å²) in [5.41, 5.74) is 6.58. The maximum Gasteiger partial charge on any atom is 0.409 e. The monoisotopic (exact) mass is 1860 g/mol. The number of hydrogen-bond donors (Lipinski definition) is 4. The molecule has 0 spiro atoms. The van der Waals surface area contributed by atoms with Crippen LogP contribution in [0.1, 0.15) is 97.0 Å². The highest BCUT2D eigenvalue weighted by Crippen LogP contribution is 2.38. The molecule has 8 aromatic heterocycles. The fourth-order valence-corrected chi connectivity index (χ4v) is 16.5. The summed E-state index contributed by atoms with van der Waals surface area (Å²) in [6.45, 7) is 11.9. The van der Waals surface area contributed by atoms with Crippen LogP contribution in [0.2, 0.25) is 20.1 Å². The molecular formula is C90H90Cl4F6N16O13. The van der Waals surface area contributed by atoms with E-state index in [9.17, 15) is 38.4 Å². The Hall–Kier alpha value is -12.2. The maximum absolute atomic E-state index is 15.1. The highest BCUT2D eigenvalue weighted by Gasteiger charge is 2.35. The number of amides is 8. The molecule has 8 amide bonds. The van der Waals surface area contributed by atoms with Crippen molar-refractivity contribution in [3.63, 3.8) is 0 Å². The van der Waals surface area contributed by atoms with Gasteiger partial charge in [-0.3, -0.25) is 33.6 Å². The van der Waals surface area contributed by atoms with Crippen molar-refractivity contribution in [2.24, 2.45) is 0 Å². The lowest BCUT2D eigenvalue weighted by Crippen LogP contribution is -2.46. The van der Waals surface area contributed by atoms with Crippen molar-refractivity contribution in [3.8, 4) is 45.0 Å². The molecule has 4 aliphatic heterocycles. The average molecular weight is 1860 g/mol. The molecule has 678 valence electrons. The first-order valence-electron chi connectivity index (χ1n) is 41.0. The van der Waals surface area contributed by atoms with E-state index in [1.165, 1.54) is 40.1 Å². The molecule has 0 unspecified atom stereocenters. The fraction of sp³-hybridized carbons (Fsp3) is 0.333. The average Bonchev–Trinajstić information content (AvgIpc) is 1.65. The zero-order chi connectivity index (χ0) is 92.5. The van der Waals surface area contributed by atoms with Crippen molar-refractivity contribution >= 4 is 116 Å². The number of morpholine rings is 4. The summed E-state index contributed by atoms with van der Waals surface area (Å²) in [5, 5.41) is 11.6. The number of fused-ring (bicyclic) bond motifs is 4. The number of hydrogen-bond acceptors (Lipinski definition) is 17. The number of nitrogens with zero attached hydrogens (tertiary/aromatic N) is 12. The molecule has 129 heavy (non-hydrogen) atoms. The van der Waals surface area contributed by atoms with E-state index in [0.717, 1.165) is 64.6 Å². The Bertz CT molecular complexity index is 6070. The predicted molar refractivity (Wildman–Crippen MR) is 470 cm³/mol. The molecule has 0 radical (unpaired) electrons. The van der Waals surface area contributed by atoms with Gasteiger partial charge in [-0.25, -0.2) is 51.1 Å². The molecule has 4 aliphatic rings. The Morgan fingerprint density at radius 1 is 0.395 bits per heavy atom. The molecular weight excluding hydrogens is 1770 g/mol. The number of pyridine rings is 4. The van der Waals surface area contributed by atoms with Gasteiger partial charge in [-0.05, 0) is 85.3 Å². The number of aryl methyl sites for hydroxylation is 1. The third kappa shape index (κ3) is 21.4. The zero-order valence-corrected chi connectivity index (χ0v) is 74.4. The van der Waals surface area contributed by atoms with Crippen molar-refractivity contribution in [2.45, 2.75) is 84.2 Å². The van der Waals surface area contributed by atoms with Gasteiger partial charge in [0.25, 0.3) is 23.6 Å². The topological polar surface area (TPSA) is 313 Å². The Balaban J connectivity index is 0.000000147. The van der Waals surface area contributed by atoms with Crippen LogP contribution >= 0.6 is 46.4 Å². The molecule has 4 saturated heterocycles. The van der Waals surface area contributed by atoms with Crippen LogP contribution < -0.4 is 21.3 Å². The van der Waals surface area contributed by atoms with E-state index in [2.05, 4.69) is 36.2 Å². The molecule has 16 rings (SSSR count). The number of benzene rings is 4. The molecule has 0 bridgehead atoms. The van der Waals surface area contributed by atoms with Gasteiger partial charge in [0.15, 0.2) is 0 Å². The van der Waals surface area contributed by atoms with Gasteiger partial charge < -0.3 is 82.2 Å². The lowest BCUT2D eigenvalue weighted by atomic mass is 9.99. The molecule has 4 fully saturated rings. The summed E-state index contributed by atoms with van der Waals surface area (Å²) in [4.78, 5) is 120. The summed E-state index contributed by atoms with van der Waals surface area (Å²) in [6, 6.07) is 24.8. The summed E-state index contributed by atoms with van der Waals surface area (Å²) < 4.78 is 126. The molecule has 12 aromatic rings. The smallest absolute Gasteiger partial charge is 0.409 e. The molecule has 4 aromatic carbocycles. The summed E-state index contributed by atoms with van der Waals surface area (Å²) >= 11 is 24.5. The zero-order valence-electron chi connectivity index (χ0n) is 71.4. The summed E-state index contributed by atoms with van der Waals surface area (Å²) in [5.74, 6) is -7.41. The Morgan fingerprint density at radius 3 is 0.969 bits per heavy atom. The van der Waals surface area contributed by atoms with Gasteiger partial charge in [0.2, 0.25) is 17.7 Å². The lowest BCUT2D eigenvalue weighted by Gasteiger charge is -2.33. The van der Waals surface area contributed by atoms with Gasteiger partial charge in [0, 0.05) is 217 Å². The van der Waals surface area contributed by atoms with Gasteiger partial charge in [-0.1, -0.05) is 59.4 Å². The lowest BCUT2D eigenvalue weighted by molar-refractivity contribution is -0.138. The van der Waals surface area contributed by atoms with Gasteiger partial charge >= 0.3 is 6.09 Å². The number of nitrogens with one attached hydrogen (secondary N) is 4. The third-order valence-corrected chi connectivity index (χ3v) is 23.2. The molecule has 4 N–H and O–H groups in total. The van der Waals surface area contributed by atoms with E-state index in [1.54, 1.807) is 105 Å². The Kier molecular flexibility index (Phi) is 30.3. The van der Waals surface area contributed by atoms with E-state index < -0.39 is 64.8 Å². The van der Waals surface area contributed by atoms with Gasteiger partial charge in [-0.15, -0.1) is 0 Å². The second kappa shape index (κ2) is 41.5. The Labute approximate surface area is 755 Å². The minimum atomic E-state index is -0.926. The van der Waals surface area contributed by atoms with Crippen LogP contribution in [0.5, 0.6) is 0 Å². The minimum absolute atomic E-state index is 0.0234. The normalized spacial score (nSPS) is 16.3. The number of rotatable bonds is 17. The van der Waals surface area contributed by atoms with E-state index in [-0.39, 0.29) is 118 Å². The van der Waals surface area contributed by atoms with Crippen LogP contribution in [-0.2, 0) is 63.8 Å². The first-order chi connectivity index (χ1) is 61.8. The number of imidazole rings is 4. The second-order valence-corrected chi connectivity index (χ2v) is 32.3. The molecule has 29 nitrogen and oxygen atoms in total. The number of aromatic nitrogens is 8. The SMILES string of the molecule is CCC(=O)N1CCO[C@@H](Cc2c(-c3c(F)cc(C(=O)NC)cc3F)nc3cc(Cl)ccn23)C1.CNC(=O)c1cc(F)c(-c2nc3cc(Cl)ccn3c2C[C@H]2CN(C(=O)OC)CCO2)c(F)c1.CNC(=O)c1cc(F)c(-c2nc3cc(Cl)ccn3c2C[C@H]2CN(C(C)=O)CCO2)c(F)c1.CNC(=O)c1ccc(-c2nc3cc(Cl)ccn3c2C[C@@H]2CN(C(C)=O)CCO2)c(C)c1. The largest absolute Gasteiger partial charge is 0.453 e. The van der Waals surface area contributed by atoms with E-state index in [1.807, 2.05) is 46.7 Å². The maximum atomic E-state index is 15.1. The van der Waals surface area contributed by atoms with Crippen LogP contribution in [0, 0.1) is 41.8 Å². The van der Waals surface area contributed by atoms with Gasteiger partial charge in [-0.2, -0.15) is 0 Å². The van der Waals surface area contributed by atoms with Crippen LogP contribution in [0.15, 0.2) is 128 Å². The van der Waals surface area contributed by atoms with E-state index >= 15 is 26.3 Å². The van der Waals surface area contributed by atoms with Crippen molar-refractivity contribution < 1.29 is 88.4 Å². The highest BCUT2D eigenvalue weighted by molar-refractivity contribution is 6.32. The van der Waals surface area contributed by atoms with Crippen molar-refractivity contribution in [2.75, 3.05) is 114 Å². The molecule has 4 atom stereocenters. The van der Waals surface area contributed by atoms with Crippen molar-refractivity contribution in [1.29, 1.82) is 0 Å². The predicted octanol–water partition coefficient (Wildman–Crippen LogP) is 13.0. The third-order valence-electron chi connectivity index (χ3n) is 22.2. The second-order valence-electron chi connectivity index (χ2n) is 30.5. The number of ether oxygens (including phenoxy) is 5. The van der Waals surface area contributed by atoms with Crippen molar-refractivity contribution in [1.82, 2.24) is 78.4 Å². The first kappa shape index (κ1) is 94.4. The minimum Gasteiger partial charge on any atom is -0.453 e. The van der Waals surface area contributed by atoms with Crippen LogP contribution in [0.25, 0.3) is 67.6 Å². The molecule has 0 aliphatic carbocycles. The van der Waals surface area contributed by atoms with Gasteiger partial charge in [0.1, 0.15) is 57.5 Å².